The summed E-state index contributed by atoms with van der Waals surface area (Å²) in [6.45, 7) is 14.2. The van der Waals surface area contributed by atoms with Gasteiger partial charge in [-0.05, 0) is 181 Å². The van der Waals surface area contributed by atoms with Gasteiger partial charge in [0.2, 0.25) is 11.8 Å². The van der Waals surface area contributed by atoms with Crippen LogP contribution in [0.4, 0.5) is 0 Å². The molecule has 0 bridgehead atoms. The number of amides is 4. The largest absolute Gasteiger partial charge is 0.350 e. The molecule has 4 N–H and O–H groups in total. The van der Waals surface area contributed by atoms with Crippen LogP contribution in [0.25, 0.3) is 0 Å². The molecule has 4 amide bonds. The third-order valence-electron chi connectivity index (χ3n) is 18.0. The van der Waals surface area contributed by atoms with Gasteiger partial charge in [0.25, 0.3) is 11.8 Å². The number of carbonyl (C=O) groups is 4. The van der Waals surface area contributed by atoms with E-state index in [2.05, 4.69) is 140 Å². The summed E-state index contributed by atoms with van der Waals surface area (Å²) in [5, 5.41) is 14.3. The van der Waals surface area contributed by atoms with Crippen molar-refractivity contribution in [3.05, 3.63) is 212 Å². The molecular formula is C72H90Cl2N8O4. The minimum Gasteiger partial charge on any atom is -0.350 e. The summed E-state index contributed by atoms with van der Waals surface area (Å²) >= 11 is 12.2. The topological polar surface area (TPSA) is 129 Å². The lowest BCUT2D eigenvalue weighted by atomic mass is 9.90. The van der Waals surface area contributed by atoms with Gasteiger partial charge in [0.15, 0.2) is 0 Å². The maximum atomic E-state index is 14.2. The molecule has 0 unspecified atom stereocenters. The van der Waals surface area contributed by atoms with Gasteiger partial charge in [-0.1, -0.05) is 163 Å². The fraction of sp³-hybridized carbons (Fsp3) is 0.444. The van der Waals surface area contributed by atoms with E-state index in [1.165, 1.54) is 79.4 Å². The van der Waals surface area contributed by atoms with E-state index in [1.807, 2.05) is 54.3 Å². The average molecular weight is 1200 g/mol. The standard InChI is InChI=1S/C37H48N4O2.C35H42Cl2N4O2/c1-28-18-19-32(25-29(28)2)36(42)38-26-33-20-24-41(37(43)35(39-33)17-12-23-40-21-10-5-11-22-40)27-34(30-13-6-3-7-14-30)31-15-8-4-9-16-31;36-31-17-16-28(23-32(31)37)34(42)38-24-29-18-22-41(35(43)33(39-29)15-10-21-40-19-8-3-9-20-40)25-30(26-11-4-1-5-12-26)27-13-6-2-7-14-27/h3-4,6-9,13-16,18-19,25,33-35,39H,5,10-12,17,20-24,26-27H2,1-2H3,(H,38,42);1-2,4-7,11-14,16-17,23,29-30,33,39H,3,8-10,15,18-22,24-25H2,(H,38,42)/t33-,35-;29-,33-/m00/s1. The van der Waals surface area contributed by atoms with Gasteiger partial charge < -0.3 is 40.9 Å². The van der Waals surface area contributed by atoms with Crippen molar-refractivity contribution in [2.45, 2.75) is 127 Å². The van der Waals surface area contributed by atoms with Gasteiger partial charge in [-0.25, -0.2) is 0 Å². The molecule has 86 heavy (non-hydrogen) atoms. The predicted molar refractivity (Wildman–Crippen MR) is 349 cm³/mol. The Hall–Kier alpha value is -6.38. The number of hydrogen-bond acceptors (Lipinski definition) is 8. The van der Waals surface area contributed by atoms with Gasteiger partial charge >= 0.3 is 0 Å². The molecular weight excluding hydrogens is 1110 g/mol. The van der Waals surface area contributed by atoms with Crippen LogP contribution in [0, 0.1) is 13.8 Å². The van der Waals surface area contributed by atoms with Gasteiger partial charge in [-0.3, -0.25) is 19.2 Å². The Morgan fingerprint density at radius 2 is 0.860 bits per heavy atom. The zero-order chi connectivity index (χ0) is 60.0. The number of hydrogen-bond donors (Lipinski definition) is 4. The number of benzene rings is 6. The average Bonchev–Trinajstić information content (AvgIpc) is 3.57. The minimum atomic E-state index is -0.300. The van der Waals surface area contributed by atoms with Crippen molar-refractivity contribution in [3.8, 4) is 0 Å². The van der Waals surface area contributed by atoms with E-state index >= 15 is 0 Å². The highest BCUT2D eigenvalue weighted by molar-refractivity contribution is 6.42. The summed E-state index contributed by atoms with van der Waals surface area (Å²) in [6, 6.07) is 52.1. The van der Waals surface area contributed by atoms with E-state index in [0.29, 0.717) is 60.4 Å². The molecule has 6 aromatic rings. The molecule has 0 saturated carbocycles. The zero-order valence-corrected chi connectivity index (χ0v) is 52.1. The first-order chi connectivity index (χ1) is 41.9. The molecule has 456 valence electrons. The van der Waals surface area contributed by atoms with E-state index in [4.69, 9.17) is 23.2 Å². The number of rotatable bonds is 22. The monoisotopic (exact) mass is 1200 g/mol. The van der Waals surface area contributed by atoms with E-state index in [0.717, 1.165) is 70.3 Å². The number of carbonyl (C=O) groups excluding carboxylic acids is 4. The van der Waals surface area contributed by atoms with Crippen molar-refractivity contribution in [2.24, 2.45) is 0 Å². The summed E-state index contributed by atoms with van der Waals surface area (Å²) in [7, 11) is 0. The summed E-state index contributed by atoms with van der Waals surface area (Å²) in [6.07, 6.45) is 12.8. The predicted octanol–water partition coefficient (Wildman–Crippen LogP) is 12.1. The molecule has 6 aromatic carbocycles. The number of nitrogens with one attached hydrogen (secondary N) is 4. The van der Waals surface area contributed by atoms with Crippen molar-refractivity contribution in [1.82, 2.24) is 40.9 Å². The van der Waals surface area contributed by atoms with Crippen molar-refractivity contribution < 1.29 is 19.2 Å². The smallest absolute Gasteiger partial charge is 0.251 e. The summed E-state index contributed by atoms with van der Waals surface area (Å²) in [5.74, 6) is 0.231. The quantitative estimate of drug-likeness (QED) is 0.0529. The molecule has 0 spiro atoms. The van der Waals surface area contributed by atoms with Crippen molar-refractivity contribution in [2.75, 3.05) is 78.5 Å². The molecule has 0 radical (unpaired) electrons. The molecule has 4 aliphatic heterocycles. The number of halogens is 2. The number of nitrogens with zero attached hydrogens (tertiary/aromatic N) is 4. The van der Waals surface area contributed by atoms with Crippen LogP contribution in [0.5, 0.6) is 0 Å². The minimum absolute atomic E-state index is 0.0244. The van der Waals surface area contributed by atoms with Crippen LogP contribution in [0.2, 0.25) is 10.0 Å². The molecule has 10 rings (SSSR count). The van der Waals surface area contributed by atoms with E-state index in [1.54, 1.807) is 18.2 Å². The van der Waals surface area contributed by atoms with Crippen LogP contribution in [0.1, 0.15) is 143 Å². The lowest BCUT2D eigenvalue weighted by Crippen LogP contribution is -2.49. The maximum Gasteiger partial charge on any atom is 0.251 e. The maximum absolute atomic E-state index is 14.2. The second-order valence-electron chi connectivity index (χ2n) is 24.2. The fourth-order valence-corrected chi connectivity index (χ4v) is 13.1. The number of aryl methyl sites for hydroxylation is 2. The Balaban J connectivity index is 0.000000205. The molecule has 0 aromatic heterocycles. The molecule has 4 saturated heterocycles. The molecule has 14 heteroatoms. The first kappa shape index (κ1) is 64.1. The van der Waals surface area contributed by atoms with Crippen LogP contribution in [-0.2, 0) is 9.59 Å². The van der Waals surface area contributed by atoms with Crippen LogP contribution in [0.15, 0.2) is 158 Å². The van der Waals surface area contributed by atoms with E-state index in [-0.39, 0.29) is 59.6 Å². The molecule has 0 aliphatic carbocycles. The Bertz CT molecular complexity index is 2790. The van der Waals surface area contributed by atoms with Gasteiger partial charge in [-0.2, -0.15) is 0 Å². The highest BCUT2D eigenvalue weighted by atomic mass is 35.5. The zero-order valence-electron chi connectivity index (χ0n) is 50.6. The van der Waals surface area contributed by atoms with Gasteiger partial charge in [-0.15, -0.1) is 0 Å². The summed E-state index contributed by atoms with van der Waals surface area (Å²) in [5.41, 5.74) is 8.28. The Morgan fingerprint density at radius 1 is 0.477 bits per heavy atom. The lowest BCUT2D eigenvalue weighted by Gasteiger charge is -2.30. The molecule has 4 atom stereocenters. The van der Waals surface area contributed by atoms with Crippen LogP contribution in [-0.4, -0.2) is 146 Å². The SMILES string of the molecule is Cc1ccc(C(=O)NC[C@@H]2CCN(CC(c3ccccc3)c3ccccc3)C(=O)[C@H](CCCN3CCCCC3)N2)cc1C.O=C(NC[C@@H]1CCN(CC(c2ccccc2)c2ccccc2)C(=O)[C@H](CCCN2CCCCC2)N1)c1ccc(Cl)c(Cl)c1. The summed E-state index contributed by atoms with van der Waals surface area (Å²) in [4.78, 5) is 63.5. The summed E-state index contributed by atoms with van der Waals surface area (Å²) < 4.78 is 0. The molecule has 4 fully saturated rings. The first-order valence-corrected chi connectivity index (χ1v) is 32.5. The van der Waals surface area contributed by atoms with E-state index < -0.39 is 0 Å². The third-order valence-corrected chi connectivity index (χ3v) is 18.7. The van der Waals surface area contributed by atoms with Gasteiger partial charge in [0, 0.05) is 74.3 Å². The van der Waals surface area contributed by atoms with Crippen molar-refractivity contribution in [3.63, 3.8) is 0 Å². The van der Waals surface area contributed by atoms with Crippen LogP contribution >= 0.6 is 23.2 Å². The highest BCUT2D eigenvalue weighted by Gasteiger charge is 2.35. The van der Waals surface area contributed by atoms with Crippen LogP contribution in [0.3, 0.4) is 0 Å². The van der Waals surface area contributed by atoms with Crippen LogP contribution < -0.4 is 21.3 Å². The highest BCUT2D eigenvalue weighted by Crippen LogP contribution is 2.30. The molecule has 12 nitrogen and oxygen atoms in total. The Labute approximate surface area is 521 Å². The second-order valence-corrected chi connectivity index (χ2v) is 25.0. The lowest BCUT2D eigenvalue weighted by molar-refractivity contribution is -0.133. The van der Waals surface area contributed by atoms with Gasteiger partial charge in [0.1, 0.15) is 0 Å². The number of piperidine rings is 2. The second kappa shape index (κ2) is 33.1. The van der Waals surface area contributed by atoms with E-state index in [9.17, 15) is 19.2 Å². The fourth-order valence-electron chi connectivity index (χ4n) is 12.8. The van der Waals surface area contributed by atoms with Crippen molar-refractivity contribution >= 4 is 46.8 Å². The normalized spacial score (nSPS) is 19.8. The Morgan fingerprint density at radius 3 is 1.24 bits per heavy atom. The third kappa shape index (κ3) is 18.8. The van der Waals surface area contributed by atoms with Crippen molar-refractivity contribution in [1.29, 1.82) is 0 Å². The number of likely N-dealkylation sites (tertiary alicyclic amines) is 2. The molecule has 4 aliphatic rings. The Kier molecular flexibility index (Phi) is 24.7. The van der Waals surface area contributed by atoms with Gasteiger partial charge in [0.05, 0.1) is 22.1 Å². The molecule has 4 heterocycles. The first-order valence-electron chi connectivity index (χ1n) is 31.8.